The molecule has 0 amide bonds. The van der Waals surface area contributed by atoms with E-state index < -0.39 is 8.25 Å². The minimum absolute atomic E-state index is 0.540. The molecule has 0 saturated carbocycles. The third kappa shape index (κ3) is 83.2. The first kappa shape index (κ1) is 61.2. The molecule has 0 unspecified atom stereocenters. The van der Waals surface area contributed by atoms with Crippen LogP contribution in [-0.2, 0) is 13.6 Å². The average molecular weight is 762 g/mol. The fourth-order valence-electron chi connectivity index (χ4n) is 5.43. The van der Waals surface area contributed by atoms with Gasteiger partial charge in [-0.2, -0.15) is 0 Å². The van der Waals surface area contributed by atoms with Gasteiger partial charge in [0.15, 0.2) is 0 Å². The predicted octanol–water partition coefficient (Wildman–Crippen LogP) is 19.9. The van der Waals surface area contributed by atoms with Gasteiger partial charge in [0.1, 0.15) is 13.2 Å². The summed E-state index contributed by atoms with van der Waals surface area (Å²) >= 11 is 0. The number of hydrogen-bond acceptors (Lipinski definition) is 3. The normalized spacial score (nSPS) is 10.2. The molecular formula is C48H106O3P+. The molecule has 0 rings (SSSR count). The predicted molar refractivity (Wildman–Crippen MR) is 242 cm³/mol. The molecule has 0 aromatic carbocycles. The first-order valence-electron chi connectivity index (χ1n) is 24.2. The van der Waals surface area contributed by atoms with Gasteiger partial charge in [-0.25, -0.2) is 0 Å². The Kier molecular flexibility index (Phi) is 81.2. The van der Waals surface area contributed by atoms with Crippen molar-refractivity contribution in [1.82, 2.24) is 0 Å². The standard InChI is InChI=1S/4C10H22.C8H18O3P/c4*1-3-5-7-9-10-8-6-4-2;1-3-5-7-10-12(9)11-8-6-4-2/h4*3-10H2,1-2H3;3-8H2,1-2H3/q;;;;+1. The quantitative estimate of drug-likeness (QED) is 0.0471. The summed E-state index contributed by atoms with van der Waals surface area (Å²) in [6, 6.07) is 0. The Labute approximate surface area is 334 Å². The molecule has 0 spiro atoms. The van der Waals surface area contributed by atoms with E-state index in [9.17, 15) is 4.57 Å². The lowest BCUT2D eigenvalue weighted by Crippen LogP contribution is -1.90. The molecule has 0 N–H and O–H groups in total. The second-order valence-electron chi connectivity index (χ2n) is 15.1. The van der Waals surface area contributed by atoms with Crippen molar-refractivity contribution in [1.29, 1.82) is 0 Å². The van der Waals surface area contributed by atoms with Crippen LogP contribution in [0.15, 0.2) is 0 Å². The SMILES string of the molecule is CCCCCCCCCC.CCCCCCCCCC.CCCCCCCCCC.CCCCCCCCCC.CCCCO[P+](=O)OCCCC. The van der Waals surface area contributed by atoms with E-state index in [4.69, 9.17) is 9.05 Å². The van der Waals surface area contributed by atoms with E-state index in [0.717, 1.165) is 25.7 Å². The van der Waals surface area contributed by atoms with Crippen molar-refractivity contribution in [3.05, 3.63) is 0 Å². The average Bonchev–Trinajstić information content (AvgIpc) is 3.15. The van der Waals surface area contributed by atoms with Crippen molar-refractivity contribution >= 4 is 8.25 Å². The summed E-state index contributed by atoms with van der Waals surface area (Å²) in [6.45, 7) is 23.4. The molecule has 0 aliphatic heterocycles. The van der Waals surface area contributed by atoms with Crippen LogP contribution < -0.4 is 0 Å². The molecule has 0 radical (unpaired) electrons. The van der Waals surface area contributed by atoms with Crippen LogP contribution in [0.1, 0.15) is 300 Å². The molecular weight excluding hydrogens is 655 g/mol. The van der Waals surface area contributed by atoms with E-state index in [2.05, 4.69) is 69.2 Å². The Bertz CT molecular complexity index is 420. The third-order valence-corrected chi connectivity index (χ3v) is 10.0. The van der Waals surface area contributed by atoms with Gasteiger partial charge in [-0.05, 0) is 12.8 Å². The van der Waals surface area contributed by atoms with Crippen molar-refractivity contribution in [2.24, 2.45) is 0 Å². The third-order valence-electron chi connectivity index (χ3n) is 9.22. The van der Waals surface area contributed by atoms with Crippen molar-refractivity contribution in [3.63, 3.8) is 0 Å². The molecule has 52 heavy (non-hydrogen) atoms. The molecule has 4 heteroatoms. The van der Waals surface area contributed by atoms with Crippen molar-refractivity contribution < 1.29 is 13.6 Å². The Morgan fingerprint density at radius 1 is 0.231 bits per heavy atom. The van der Waals surface area contributed by atoms with Crippen molar-refractivity contribution in [3.8, 4) is 0 Å². The Balaban J connectivity index is -0.000000177. The smallest absolute Gasteiger partial charge is 0.119 e. The van der Waals surface area contributed by atoms with E-state index in [0.29, 0.717) is 13.2 Å². The summed E-state index contributed by atoms with van der Waals surface area (Å²) in [5, 5.41) is 0. The second kappa shape index (κ2) is 69.0. The van der Waals surface area contributed by atoms with Gasteiger partial charge in [-0.3, -0.25) is 0 Å². The summed E-state index contributed by atoms with van der Waals surface area (Å²) in [5.41, 5.74) is 0. The lowest BCUT2D eigenvalue weighted by atomic mass is 10.1. The minimum Gasteiger partial charge on any atom is -0.119 e. The summed E-state index contributed by atoms with van der Waals surface area (Å²) in [7, 11) is -1.85. The maximum absolute atomic E-state index is 10.9. The number of rotatable bonds is 36. The largest absolute Gasteiger partial charge is 0.697 e. The van der Waals surface area contributed by atoms with Crippen LogP contribution in [0.3, 0.4) is 0 Å². The van der Waals surface area contributed by atoms with E-state index in [-0.39, 0.29) is 0 Å². The first-order valence-corrected chi connectivity index (χ1v) is 25.3. The molecule has 0 heterocycles. The van der Waals surface area contributed by atoms with Gasteiger partial charge < -0.3 is 0 Å². The highest BCUT2D eigenvalue weighted by molar-refractivity contribution is 7.33. The molecule has 0 atom stereocenters. The van der Waals surface area contributed by atoms with Crippen molar-refractivity contribution in [2.45, 2.75) is 300 Å². The molecule has 0 aliphatic carbocycles. The fraction of sp³-hybridized carbons (Fsp3) is 1.00. The molecule has 320 valence electrons. The van der Waals surface area contributed by atoms with Crippen LogP contribution in [0.4, 0.5) is 0 Å². The summed E-state index contributed by atoms with van der Waals surface area (Å²) in [4.78, 5) is 0. The fourth-order valence-corrected chi connectivity index (χ4v) is 6.06. The van der Waals surface area contributed by atoms with Gasteiger partial charge >= 0.3 is 8.25 Å². The van der Waals surface area contributed by atoms with E-state index in [1.54, 1.807) is 0 Å². The molecule has 0 saturated heterocycles. The summed E-state index contributed by atoms with van der Waals surface area (Å²) < 4.78 is 20.7. The Morgan fingerprint density at radius 2 is 0.365 bits per heavy atom. The van der Waals surface area contributed by atoms with Gasteiger partial charge in [0, 0.05) is 4.57 Å². The van der Waals surface area contributed by atoms with E-state index >= 15 is 0 Å². The zero-order chi connectivity index (χ0) is 39.9. The van der Waals surface area contributed by atoms with Crippen LogP contribution >= 0.6 is 8.25 Å². The Hall–Kier alpha value is 0.0200. The van der Waals surface area contributed by atoms with Gasteiger partial charge in [-0.15, -0.1) is 9.05 Å². The van der Waals surface area contributed by atoms with Crippen LogP contribution in [0, 0.1) is 0 Å². The van der Waals surface area contributed by atoms with Gasteiger partial charge in [0.05, 0.1) is 0 Å². The minimum atomic E-state index is -1.85. The monoisotopic (exact) mass is 762 g/mol. The van der Waals surface area contributed by atoms with Gasteiger partial charge in [-0.1, -0.05) is 288 Å². The summed E-state index contributed by atoms with van der Waals surface area (Å²) in [5.74, 6) is 0. The lowest BCUT2D eigenvalue weighted by Gasteiger charge is -1.97. The molecule has 3 nitrogen and oxygen atoms in total. The highest BCUT2D eigenvalue weighted by Gasteiger charge is 2.18. The number of unbranched alkanes of at least 4 members (excludes halogenated alkanes) is 30. The van der Waals surface area contributed by atoms with Crippen LogP contribution in [0.25, 0.3) is 0 Å². The van der Waals surface area contributed by atoms with Crippen LogP contribution in [0.5, 0.6) is 0 Å². The topological polar surface area (TPSA) is 35.5 Å². The zero-order valence-corrected chi connectivity index (χ0v) is 39.4. The Morgan fingerprint density at radius 3 is 0.500 bits per heavy atom. The van der Waals surface area contributed by atoms with E-state index in [1.807, 2.05) is 0 Å². The van der Waals surface area contributed by atoms with Crippen LogP contribution in [0.2, 0.25) is 0 Å². The number of hydrogen-bond donors (Lipinski definition) is 0. The highest BCUT2D eigenvalue weighted by atomic mass is 31.1. The molecule has 0 aliphatic rings. The zero-order valence-electron chi connectivity index (χ0n) is 38.5. The molecule has 0 bridgehead atoms. The van der Waals surface area contributed by atoms with Gasteiger partial charge in [0.25, 0.3) is 0 Å². The van der Waals surface area contributed by atoms with E-state index in [1.165, 1.54) is 205 Å². The van der Waals surface area contributed by atoms with Crippen LogP contribution in [-0.4, -0.2) is 13.2 Å². The second-order valence-corrected chi connectivity index (χ2v) is 16.0. The molecule has 0 fully saturated rings. The molecule has 0 aromatic heterocycles. The lowest BCUT2D eigenvalue weighted by molar-refractivity contribution is 0.221. The van der Waals surface area contributed by atoms with Gasteiger partial charge in [0.2, 0.25) is 0 Å². The maximum atomic E-state index is 10.9. The van der Waals surface area contributed by atoms with Crippen molar-refractivity contribution in [2.75, 3.05) is 13.2 Å². The summed E-state index contributed by atoms with van der Waals surface area (Å²) in [6.07, 6.45) is 49.8. The first-order chi connectivity index (χ1) is 25.5. The highest BCUT2D eigenvalue weighted by Crippen LogP contribution is 2.24. The maximum Gasteiger partial charge on any atom is 0.697 e. The molecule has 0 aromatic rings.